The second kappa shape index (κ2) is 4.75. The van der Waals surface area contributed by atoms with Gasteiger partial charge in [0.2, 0.25) is 0 Å². The van der Waals surface area contributed by atoms with E-state index in [2.05, 4.69) is 14.9 Å². The predicted molar refractivity (Wildman–Crippen MR) is 64.6 cm³/mol. The van der Waals surface area contributed by atoms with Crippen molar-refractivity contribution in [2.24, 2.45) is 0 Å². The molecule has 4 heteroatoms. The van der Waals surface area contributed by atoms with Gasteiger partial charge in [-0.15, -0.1) is 0 Å². The van der Waals surface area contributed by atoms with Crippen LogP contribution in [0.15, 0.2) is 35.3 Å². The first-order valence-electron chi connectivity index (χ1n) is 6.19. The number of imidazole rings is 1. The van der Waals surface area contributed by atoms with Crippen LogP contribution < -0.4 is 5.32 Å². The van der Waals surface area contributed by atoms with Gasteiger partial charge in [-0.25, -0.2) is 4.98 Å². The molecule has 4 nitrogen and oxygen atoms in total. The van der Waals surface area contributed by atoms with Gasteiger partial charge in [0, 0.05) is 25.2 Å². The summed E-state index contributed by atoms with van der Waals surface area (Å²) < 4.78 is 7.58. The van der Waals surface area contributed by atoms with Crippen LogP contribution in [-0.4, -0.2) is 16.1 Å². The summed E-state index contributed by atoms with van der Waals surface area (Å²) >= 11 is 0. The van der Waals surface area contributed by atoms with Crippen molar-refractivity contribution < 1.29 is 4.42 Å². The van der Waals surface area contributed by atoms with Gasteiger partial charge < -0.3 is 14.3 Å². The minimum atomic E-state index is 0.481. The van der Waals surface area contributed by atoms with E-state index in [0.29, 0.717) is 6.04 Å². The molecule has 0 amide bonds. The van der Waals surface area contributed by atoms with Gasteiger partial charge in [-0.2, -0.15) is 0 Å². The van der Waals surface area contributed by atoms with Crippen LogP contribution in [-0.2, 0) is 13.0 Å². The summed E-state index contributed by atoms with van der Waals surface area (Å²) in [5.41, 5.74) is 1.30. The molecule has 2 aromatic heterocycles. The van der Waals surface area contributed by atoms with Crippen molar-refractivity contribution in [1.82, 2.24) is 14.9 Å². The molecule has 1 atom stereocenters. The molecule has 1 N–H and O–H groups in total. The largest absolute Gasteiger partial charge is 0.469 e. The monoisotopic (exact) mass is 231 g/mol. The molecular weight excluding hydrogens is 214 g/mol. The van der Waals surface area contributed by atoms with Crippen LogP contribution >= 0.6 is 0 Å². The first-order valence-corrected chi connectivity index (χ1v) is 6.19. The van der Waals surface area contributed by atoms with E-state index in [1.54, 1.807) is 6.26 Å². The zero-order valence-electron chi connectivity index (χ0n) is 9.80. The van der Waals surface area contributed by atoms with Crippen molar-refractivity contribution in [3.8, 4) is 0 Å². The number of nitrogens with one attached hydrogen (secondary N) is 1. The van der Waals surface area contributed by atoms with Gasteiger partial charge in [0.15, 0.2) is 0 Å². The number of hydrogen-bond donors (Lipinski definition) is 1. The first kappa shape index (κ1) is 10.6. The topological polar surface area (TPSA) is 43.0 Å². The average molecular weight is 231 g/mol. The van der Waals surface area contributed by atoms with Gasteiger partial charge in [0.25, 0.3) is 0 Å². The van der Waals surface area contributed by atoms with E-state index in [4.69, 9.17) is 4.42 Å². The number of furan rings is 1. The standard InChI is InChI=1S/C13H17N3O/c1-4-12(15-6-1)13-9-14-10-16(13)7-5-11-3-2-8-17-11/h2-3,8-10,12,15H,1,4-7H2. The van der Waals surface area contributed by atoms with Gasteiger partial charge in [0.1, 0.15) is 5.76 Å². The van der Waals surface area contributed by atoms with Gasteiger partial charge in [-0.05, 0) is 31.5 Å². The van der Waals surface area contributed by atoms with Crippen LogP contribution in [0.4, 0.5) is 0 Å². The maximum absolute atomic E-state index is 5.35. The van der Waals surface area contributed by atoms with Crippen LogP contribution in [0, 0.1) is 0 Å². The molecule has 0 aromatic carbocycles. The first-order chi connectivity index (χ1) is 8.43. The molecule has 1 fully saturated rings. The van der Waals surface area contributed by atoms with E-state index in [9.17, 15) is 0 Å². The maximum atomic E-state index is 5.35. The number of aromatic nitrogens is 2. The lowest BCUT2D eigenvalue weighted by molar-refractivity contribution is 0.481. The Bertz CT molecular complexity index is 455. The zero-order valence-corrected chi connectivity index (χ0v) is 9.80. The third-order valence-electron chi connectivity index (χ3n) is 3.34. The molecule has 0 saturated carbocycles. The summed E-state index contributed by atoms with van der Waals surface area (Å²) in [6.07, 6.45) is 9.01. The highest BCUT2D eigenvalue weighted by atomic mass is 16.3. The van der Waals surface area contributed by atoms with E-state index in [1.165, 1.54) is 18.5 Å². The lowest BCUT2D eigenvalue weighted by Crippen LogP contribution is -2.17. The highest BCUT2D eigenvalue weighted by Gasteiger charge is 2.19. The summed E-state index contributed by atoms with van der Waals surface area (Å²) in [6.45, 7) is 2.05. The van der Waals surface area contributed by atoms with Gasteiger partial charge >= 0.3 is 0 Å². The summed E-state index contributed by atoms with van der Waals surface area (Å²) in [6, 6.07) is 4.43. The van der Waals surface area contributed by atoms with Crippen molar-refractivity contribution >= 4 is 0 Å². The highest BCUT2D eigenvalue weighted by Crippen LogP contribution is 2.22. The lowest BCUT2D eigenvalue weighted by atomic mass is 10.1. The number of hydrogen-bond acceptors (Lipinski definition) is 3. The fraction of sp³-hybridized carbons (Fsp3) is 0.462. The molecule has 0 bridgehead atoms. The third-order valence-corrected chi connectivity index (χ3v) is 3.34. The molecule has 1 saturated heterocycles. The summed E-state index contributed by atoms with van der Waals surface area (Å²) in [5, 5.41) is 3.51. The highest BCUT2D eigenvalue weighted by molar-refractivity contribution is 5.08. The molecule has 0 spiro atoms. The summed E-state index contributed by atoms with van der Waals surface area (Å²) in [4.78, 5) is 4.26. The molecule has 3 heterocycles. The molecule has 17 heavy (non-hydrogen) atoms. The zero-order chi connectivity index (χ0) is 11.5. The van der Waals surface area contributed by atoms with Crippen LogP contribution in [0.2, 0.25) is 0 Å². The Balaban J connectivity index is 1.68. The SMILES string of the molecule is c1coc(CCn2cncc2C2CCCN2)c1. The Kier molecular flexibility index (Phi) is 2.96. The van der Waals surface area contributed by atoms with Crippen molar-refractivity contribution in [2.75, 3.05) is 6.54 Å². The molecule has 1 aliphatic rings. The molecule has 3 rings (SSSR count). The van der Waals surface area contributed by atoms with E-state index >= 15 is 0 Å². The van der Waals surface area contributed by atoms with E-state index in [-0.39, 0.29) is 0 Å². The van der Waals surface area contributed by atoms with Crippen molar-refractivity contribution in [3.05, 3.63) is 42.4 Å². The van der Waals surface area contributed by atoms with Crippen molar-refractivity contribution in [3.63, 3.8) is 0 Å². The van der Waals surface area contributed by atoms with Crippen LogP contribution in [0.5, 0.6) is 0 Å². The Morgan fingerprint density at radius 2 is 2.53 bits per heavy atom. The minimum Gasteiger partial charge on any atom is -0.469 e. The van der Waals surface area contributed by atoms with Crippen molar-refractivity contribution in [2.45, 2.75) is 31.8 Å². The molecule has 1 aliphatic heterocycles. The van der Waals surface area contributed by atoms with Crippen LogP contribution in [0.25, 0.3) is 0 Å². The Labute approximate surface area is 101 Å². The molecule has 90 valence electrons. The Morgan fingerprint density at radius 1 is 1.53 bits per heavy atom. The summed E-state index contributed by atoms with van der Waals surface area (Å²) in [7, 11) is 0. The molecule has 0 aliphatic carbocycles. The lowest BCUT2D eigenvalue weighted by Gasteiger charge is -2.13. The normalized spacial score (nSPS) is 19.9. The number of aryl methyl sites for hydroxylation is 2. The smallest absolute Gasteiger partial charge is 0.105 e. The quantitative estimate of drug-likeness (QED) is 0.876. The second-order valence-corrected chi connectivity index (χ2v) is 4.49. The molecule has 1 unspecified atom stereocenters. The molecule has 2 aromatic rings. The number of nitrogens with zero attached hydrogens (tertiary/aromatic N) is 2. The minimum absolute atomic E-state index is 0.481. The number of rotatable bonds is 4. The van der Waals surface area contributed by atoms with Gasteiger partial charge in [-0.1, -0.05) is 0 Å². The van der Waals surface area contributed by atoms with E-state index in [0.717, 1.165) is 25.3 Å². The second-order valence-electron chi connectivity index (χ2n) is 4.49. The summed E-state index contributed by atoms with van der Waals surface area (Å²) in [5.74, 6) is 1.03. The molecule has 0 radical (unpaired) electrons. The van der Waals surface area contributed by atoms with E-state index in [1.807, 2.05) is 24.7 Å². The van der Waals surface area contributed by atoms with Gasteiger partial charge in [0.05, 0.1) is 18.3 Å². The fourth-order valence-electron chi connectivity index (χ4n) is 2.43. The van der Waals surface area contributed by atoms with Gasteiger partial charge in [-0.3, -0.25) is 0 Å². The van der Waals surface area contributed by atoms with Crippen LogP contribution in [0.3, 0.4) is 0 Å². The third kappa shape index (κ3) is 2.26. The maximum Gasteiger partial charge on any atom is 0.105 e. The van der Waals surface area contributed by atoms with E-state index < -0.39 is 0 Å². The Morgan fingerprint density at radius 3 is 3.29 bits per heavy atom. The van der Waals surface area contributed by atoms with Crippen molar-refractivity contribution in [1.29, 1.82) is 0 Å². The predicted octanol–water partition coefficient (Wildman–Crippen LogP) is 2.14. The average Bonchev–Trinajstić information content (AvgIpc) is 3.09. The molecular formula is C13H17N3O. The van der Waals surface area contributed by atoms with Crippen LogP contribution in [0.1, 0.15) is 30.3 Å². The fourth-order valence-corrected chi connectivity index (χ4v) is 2.43. The Hall–Kier alpha value is -1.55.